The number of piperidine rings is 1. The molecule has 7 heteroatoms. The summed E-state index contributed by atoms with van der Waals surface area (Å²) in [6.45, 7) is 5.32. The van der Waals surface area contributed by atoms with Gasteiger partial charge in [-0.15, -0.1) is 0 Å². The van der Waals surface area contributed by atoms with Gasteiger partial charge >= 0.3 is 0 Å². The fourth-order valence-corrected chi connectivity index (χ4v) is 6.11. The lowest BCUT2D eigenvalue weighted by molar-refractivity contribution is 0.164. The SMILES string of the molecule is COc1ccc(S(=O)(=O)NCC(c2ccc3c(c2)CCCN3C)N2CCCCC2)cc1C. The second-order valence-corrected chi connectivity index (χ2v) is 10.8. The van der Waals surface area contributed by atoms with Crippen molar-refractivity contribution in [2.45, 2.75) is 50.0 Å². The maximum atomic E-state index is 13.1. The Morgan fingerprint density at radius 2 is 1.81 bits per heavy atom. The zero-order chi connectivity index (χ0) is 22.7. The number of nitrogens with zero attached hydrogens (tertiary/aromatic N) is 2. The number of hydrogen-bond donors (Lipinski definition) is 1. The van der Waals surface area contributed by atoms with Crippen LogP contribution >= 0.6 is 0 Å². The molecule has 0 amide bonds. The van der Waals surface area contributed by atoms with E-state index in [-0.39, 0.29) is 10.9 Å². The Kier molecular flexibility index (Phi) is 7.08. The Morgan fingerprint density at radius 1 is 1.03 bits per heavy atom. The van der Waals surface area contributed by atoms with E-state index in [1.165, 1.54) is 23.2 Å². The van der Waals surface area contributed by atoms with Gasteiger partial charge in [-0.2, -0.15) is 0 Å². The highest BCUT2D eigenvalue weighted by molar-refractivity contribution is 7.89. The number of anilines is 1. The van der Waals surface area contributed by atoms with Crippen LogP contribution in [0.3, 0.4) is 0 Å². The maximum absolute atomic E-state index is 13.1. The highest BCUT2D eigenvalue weighted by Gasteiger charge is 2.26. The third-order valence-corrected chi connectivity index (χ3v) is 8.24. The van der Waals surface area contributed by atoms with Gasteiger partial charge in [-0.3, -0.25) is 4.90 Å². The summed E-state index contributed by atoms with van der Waals surface area (Å²) in [6.07, 6.45) is 5.81. The fraction of sp³-hybridized carbons (Fsp3) is 0.520. The van der Waals surface area contributed by atoms with Crippen LogP contribution in [0.25, 0.3) is 0 Å². The van der Waals surface area contributed by atoms with E-state index in [1.54, 1.807) is 25.3 Å². The van der Waals surface area contributed by atoms with Gasteiger partial charge in [-0.25, -0.2) is 13.1 Å². The van der Waals surface area contributed by atoms with Crippen molar-refractivity contribution in [3.05, 3.63) is 53.1 Å². The summed E-state index contributed by atoms with van der Waals surface area (Å²) in [6, 6.07) is 11.7. The minimum absolute atomic E-state index is 0.0296. The second-order valence-electron chi connectivity index (χ2n) is 9.01. The third kappa shape index (κ3) is 4.95. The number of aryl methyl sites for hydroxylation is 2. The lowest BCUT2D eigenvalue weighted by Gasteiger charge is -2.36. The summed E-state index contributed by atoms with van der Waals surface area (Å²) in [5, 5.41) is 0. The molecule has 2 aromatic rings. The molecule has 174 valence electrons. The highest BCUT2D eigenvalue weighted by Crippen LogP contribution is 2.32. The van der Waals surface area contributed by atoms with Gasteiger partial charge in [0.1, 0.15) is 5.75 Å². The van der Waals surface area contributed by atoms with E-state index in [0.29, 0.717) is 12.3 Å². The first-order valence-electron chi connectivity index (χ1n) is 11.6. The zero-order valence-electron chi connectivity index (χ0n) is 19.4. The average Bonchev–Trinajstić information content (AvgIpc) is 2.80. The largest absolute Gasteiger partial charge is 0.496 e. The van der Waals surface area contributed by atoms with E-state index in [4.69, 9.17) is 4.74 Å². The van der Waals surface area contributed by atoms with Crippen molar-refractivity contribution in [3.8, 4) is 5.75 Å². The van der Waals surface area contributed by atoms with Gasteiger partial charge in [0, 0.05) is 31.9 Å². The summed E-state index contributed by atoms with van der Waals surface area (Å²) in [4.78, 5) is 5.03. The van der Waals surface area contributed by atoms with Crippen molar-refractivity contribution >= 4 is 15.7 Å². The first-order valence-corrected chi connectivity index (χ1v) is 13.1. The topological polar surface area (TPSA) is 61.9 Å². The van der Waals surface area contributed by atoms with Crippen molar-refractivity contribution in [3.63, 3.8) is 0 Å². The maximum Gasteiger partial charge on any atom is 0.240 e. The molecule has 2 heterocycles. The first-order chi connectivity index (χ1) is 15.4. The van der Waals surface area contributed by atoms with E-state index in [2.05, 4.69) is 39.8 Å². The normalized spacial score (nSPS) is 18.3. The number of sulfonamides is 1. The van der Waals surface area contributed by atoms with Gasteiger partial charge in [0.2, 0.25) is 10.0 Å². The molecule has 32 heavy (non-hydrogen) atoms. The van der Waals surface area contributed by atoms with E-state index >= 15 is 0 Å². The molecular formula is C25H35N3O3S. The molecular weight excluding hydrogens is 422 g/mol. The number of ether oxygens (including phenoxy) is 1. The van der Waals surface area contributed by atoms with Crippen molar-refractivity contribution < 1.29 is 13.2 Å². The quantitative estimate of drug-likeness (QED) is 0.683. The molecule has 6 nitrogen and oxygen atoms in total. The van der Waals surface area contributed by atoms with E-state index < -0.39 is 10.0 Å². The molecule has 1 atom stereocenters. The molecule has 1 fully saturated rings. The molecule has 2 aliphatic rings. The average molecular weight is 458 g/mol. The monoisotopic (exact) mass is 457 g/mol. The number of fused-ring (bicyclic) bond motifs is 1. The first kappa shape index (κ1) is 23.1. The van der Waals surface area contributed by atoms with Gasteiger partial charge in [-0.05, 0) is 86.7 Å². The van der Waals surface area contributed by atoms with E-state index in [9.17, 15) is 8.42 Å². The summed E-state index contributed by atoms with van der Waals surface area (Å²) in [5.41, 5.74) is 4.68. The number of benzene rings is 2. The number of nitrogens with one attached hydrogen (secondary N) is 1. The smallest absolute Gasteiger partial charge is 0.240 e. The second kappa shape index (κ2) is 9.81. The molecule has 0 aliphatic carbocycles. The Labute approximate surface area is 192 Å². The van der Waals surface area contributed by atoms with Crippen LogP contribution in [-0.4, -0.2) is 53.7 Å². The summed E-state index contributed by atoms with van der Waals surface area (Å²) in [5.74, 6) is 0.689. The number of rotatable bonds is 7. The van der Waals surface area contributed by atoms with Crippen molar-refractivity contribution in [1.29, 1.82) is 0 Å². The minimum atomic E-state index is -3.62. The Bertz CT molecular complexity index is 1050. The Hall–Kier alpha value is -2.09. The summed E-state index contributed by atoms with van der Waals surface area (Å²) < 4.78 is 34.4. The molecule has 2 aromatic carbocycles. The van der Waals surface area contributed by atoms with E-state index in [0.717, 1.165) is 50.9 Å². The third-order valence-electron chi connectivity index (χ3n) is 6.81. The zero-order valence-corrected chi connectivity index (χ0v) is 20.2. The summed E-state index contributed by atoms with van der Waals surface area (Å²) >= 11 is 0. The van der Waals surface area contributed by atoms with E-state index in [1.807, 2.05) is 6.92 Å². The lowest BCUT2D eigenvalue weighted by atomic mass is 9.95. The number of hydrogen-bond acceptors (Lipinski definition) is 5. The molecule has 0 bridgehead atoms. The molecule has 0 spiro atoms. The fourth-order valence-electron chi connectivity index (χ4n) is 4.99. The van der Waals surface area contributed by atoms with Gasteiger partial charge in [0.15, 0.2) is 0 Å². The predicted molar refractivity (Wildman–Crippen MR) is 129 cm³/mol. The van der Waals surface area contributed by atoms with Crippen LogP contribution in [0.4, 0.5) is 5.69 Å². The molecule has 0 aromatic heterocycles. The number of likely N-dealkylation sites (tertiary alicyclic amines) is 1. The van der Waals surface area contributed by atoms with Gasteiger partial charge in [-0.1, -0.05) is 18.6 Å². The molecule has 1 unspecified atom stereocenters. The molecule has 1 N–H and O–H groups in total. The number of methoxy groups -OCH3 is 1. The van der Waals surface area contributed by atoms with Gasteiger partial charge in [0.25, 0.3) is 0 Å². The molecule has 1 saturated heterocycles. The van der Waals surface area contributed by atoms with Crippen molar-refractivity contribution in [1.82, 2.24) is 9.62 Å². The highest BCUT2D eigenvalue weighted by atomic mass is 32.2. The Balaban J connectivity index is 1.58. The van der Waals surface area contributed by atoms with Crippen molar-refractivity contribution in [2.75, 3.05) is 45.2 Å². The lowest BCUT2D eigenvalue weighted by Crippen LogP contribution is -2.40. The Morgan fingerprint density at radius 3 is 2.53 bits per heavy atom. The van der Waals surface area contributed by atoms with Crippen LogP contribution in [0.1, 0.15) is 48.4 Å². The van der Waals surface area contributed by atoms with Gasteiger partial charge < -0.3 is 9.64 Å². The van der Waals surface area contributed by atoms with Crippen LogP contribution < -0.4 is 14.4 Å². The van der Waals surface area contributed by atoms with Crippen LogP contribution in [0, 0.1) is 6.92 Å². The molecule has 0 saturated carbocycles. The van der Waals surface area contributed by atoms with Crippen LogP contribution in [0.2, 0.25) is 0 Å². The molecule has 2 aliphatic heterocycles. The summed E-state index contributed by atoms with van der Waals surface area (Å²) in [7, 11) is 0.119. The van der Waals surface area contributed by atoms with Crippen LogP contribution in [0.15, 0.2) is 41.3 Å². The standard InChI is InChI=1S/C25H35N3O3S/c1-19-16-22(10-12-25(19)31-3)32(29,30)26-18-24(28-14-5-4-6-15-28)21-9-11-23-20(17-21)8-7-13-27(23)2/h9-12,16-17,24,26H,4-8,13-15,18H2,1-3H3. The van der Waals surface area contributed by atoms with Crippen molar-refractivity contribution in [2.24, 2.45) is 0 Å². The predicted octanol–water partition coefficient (Wildman–Crippen LogP) is 3.89. The minimum Gasteiger partial charge on any atom is -0.496 e. The van der Waals surface area contributed by atoms with Crippen LogP contribution in [0.5, 0.6) is 5.75 Å². The molecule has 0 radical (unpaired) electrons. The molecule has 4 rings (SSSR count). The van der Waals surface area contributed by atoms with Gasteiger partial charge in [0.05, 0.1) is 12.0 Å². The van der Waals surface area contributed by atoms with Crippen LogP contribution in [-0.2, 0) is 16.4 Å².